The van der Waals surface area contributed by atoms with E-state index in [4.69, 9.17) is 4.98 Å². The standard InChI is InChI=1S/C17H27N3/c1-6-9-20(10-7-2)17-12-15(13-18-8-3)11-16(19-17)14(4)5/h6-7,11-12,14,18H,1-2,8-10,13H2,3-5H3. The second-order valence-electron chi connectivity index (χ2n) is 5.18. The van der Waals surface area contributed by atoms with E-state index < -0.39 is 0 Å². The number of hydrogen-bond donors (Lipinski definition) is 1. The molecule has 0 amide bonds. The van der Waals surface area contributed by atoms with Crippen LogP contribution in [0.2, 0.25) is 0 Å². The molecule has 1 N–H and O–H groups in total. The molecule has 0 saturated heterocycles. The predicted molar refractivity (Wildman–Crippen MR) is 88.3 cm³/mol. The van der Waals surface area contributed by atoms with E-state index in [1.165, 1.54) is 5.56 Å². The van der Waals surface area contributed by atoms with Gasteiger partial charge in [0.25, 0.3) is 0 Å². The van der Waals surface area contributed by atoms with Gasteiger partial charge in [0.1, 0.15) is 5.82 Å². The van der Waals surface area contributed by atoms with Crippen LogP contribution in [-0.4, -0.2) is 24.6 Å². The minimum atomic E-state index is 0.421. The minimum Gasteiger partial charge on any atom is -0.349 e. The van der Waals surface area contributed by atoms with Crippen LogP contribution in [0, 0.1) is 0 Å². The molecule has 20 heavy (non-hydrogen) atoms. The highest BCUT2D eigenvalue weighted by molar-refractivity contribution is 5.44. The van der Waals surface area contributed by atoms with Gasteiger partial charge < -0.3 is 10.2 Å². The van der Waals surface area contributed by atoms with E-state index in [0.717, 1.165) is 37.7 Å². The van der Waals surface area contributed by atoms with E-state index in [-0.39, 0.29) is 0 Å². The van der Waals surface area contributed by atoms with Gasteiger partial charge in [0, 0.05) is 25.3 Å². The fourth-order valence-electron chi connectivity index (χ4n) is 2.00. The van der Waals surface area contributed by atoms with Gasteiger partial charge in [0.2, 0.25) is 0 Å². The summed E-state index contributed by atoms with van der Waals surface area (Å²) >= 11 is 0. The Labute approximate surface area is 123 Å². The SMILES string of the molecule is C=CCN(CC=C)c1cc(CNCC)cc(C(C)C)n1. The van der Waals surface area contributed by atoms with Crippen LogP contribution >= 0.6 is 0 Å². The summed E-state index contributed by atoms with van der Waals surface area (Å²) in [6.07, 6.45) is 3.80. The summed E-state index contributed by atoms with van der Waals surface area (Å²) < 4.78 is 0. The molecule has 3 heteroatoms. The molecular formula is C17H27N3. The van der Waals surface area contributed by atoms with Crippen LogP contribution < -0.4 is 10.2 Å². The summed E-state index contributed by atoms with van der Waals surface area (Å²) in [7, 11) is 0. The van der Waals surface area contributed by atoms with Gasteiger partial charge in [-0.1, -0.05) is 32.9 Å². The maximum absolute atomic E-state index is 4.78. The highest BCUT2D eigenvalue weighted by atomic mass is 15.2. The summed E-state index contributed by atoms with van der Waals surface area (Å²) in [5.74, 6) is 1.42. The molecule has 0 aliphatic carbocycles. The average molecular weight is 273 g/mol. The van der Waals surface area contributed by atoms with Crippen LogP contribution in [0.5, 0.6) is 0 Å². The molecule has 0 unspecified atom stereocenters. The molecule has 0 aromatic carbocycles. The highest BCUT2D eigenvalue weighted by Crippen LogP contribution is 2.20. The Kier molecular flexibility index (Phi) is 7.02. The van der Waals surface area contributed by atoms with Crippen LogP contribution in [0.1, 0.15) is 37.9 Å². The molecule has 0 aliphatic heterocycles. The zero-order valence-corrected chi connectivity index (χ0v) is 13.0. The van der Waals surface area contributed by atoms with E-state index in [1.807, 2.05) is 12.2 Å². The van der Waals surface area contributed by atoms with Gasteiger partial charge in [0.15, 0.2) is 0 Å². The van der Waals surface area contributed by atoms with Gasteiger partial charge in [-0.3, -0.25) is 0 Å². The summed E-state index contributed by atoms with van der Waals surface area (Å²) in [5.41, 5.74) is 2.41. The molecule has 3 nitrogen and oxygen atoms in total. The van der Waals surface area contributed by atoms with Crippen molar-refractivity contribution >= 4 is 5.82 Å². The van der Waals surface area contributed by atoms with E-state index in [0.29, 0.717) is 5.92 Å². The van der Waals surface area contributed by atoms with Crippen molar-refractivity contribution in [2.45, 2.75) is 33.2 Å². The molecule has 1 heterocycles. The first-order valence-corrected chi connectivity index (χ1v) is 7.30. The predicted octanol–water partition coefficient (Wildman–Crippen LogP) is 3.49. The second kappa shape index (κ2) is 8.54. The first kappa shape index (κ1) is 16.4. The zero-order chi connectivity index (χ0) is 15.0. The minimum absolute atomic E-state index is 0.421. The summed E-state index contributed by atoms with van der Waals surface area (Å²) in [6, 6.07) is 4.35. The first-order valence-electron chi connectivity index (χ1n) is 7.30. The summed E-state index contributed by atoms with van der Waals surface area (Å²) in [4.78, 5) is 6.96. The number of nitrogens with one attached hydrogen (secondary N) is 1. The fraction of sp³-hybridized carbons (Fsp3) is 0.471. The molecule has 0 fully saturated rings. The number of pyridine rings is 1. The quantitative estimate of drug-likeness (QED) is 0.698. The molecule has 1 rings (SSSR count). The van der Waals surface area contributed by atoms with Crippen LogP contribution in [0.15, 0.2) is 37.4 Å². The van der Waals surface area contributed by atoms with Crippen molar-refractivity contribution in [2.24, 2.45) is 0 Å². The van der Waals surface area contributed by atoms with Gasteiger partial charge in [-0.25, -0.2) is 4.98 Å². The van der Waals surface area contributed by atoms with Gasteiger partial charge in [-0.2, -0.15) is 0 Å². The lowest BCUT2D eigenvalue weighted by molar-refractivity contribution is 0.719. The van der Waals surface area contributed by atoms with Crippen molar-refractivity contribution in [1.29, 1.82) is 0 Å². The Morgan fingerprint density at radius 3 is 2.40 bits per heavy atom. The molecule has 0 atom stereocenters. The number of rotatable bonds is 9. The molecular weight excluding hydrogens is 246 g/mol. The van der Waals surface area contributed by atoms with Crippen LogP contribution in [-0.2, 0) is 6.54 Å². The Balaban J connectivity index is 3.10. The topological polar surface area (TPSA) is 28.2 Å². The lowest BCUT2D eigenvalue weighted by Gasteiger charge is -2.22. The molecule has 0 spiro atoms. The highest BCUT2D eigenvalue weighted by Gasteiger charge is 2.10. The number of aromatic nitrogens is 1. The normalized spacial score (nSPS) is 10.6. The third kappa shape index (κ3) is 4.82. The summed E-state index contributed by atoms with van der Waals surface area (Å²) in [6.45, 7) is 17.5. The van der Waals surface area contributed by atoms with Crippen LogP contribution in [0.4, 0.5) is 5.82 Å². The van der Waals surface area contributed by atoms with Crippen molar-refractivity contribution in [3.63, 3.8) is 0 Å². The Morgan fingerprint density at radius 2 is 1.90 bits per heavy atom. The van der Waals surface area contributed by atoms with Crippen molar-refractivity contribution in [2.75, 3.05) is 24.5 Å². The first-order chi connectivity index (χ1) is 9.62. The summed E-state index contributed by atoms with van der Waals surface area (Å²) in [5, 5.41) is 3.37. The van der Waals surface area contributed by atoms with E-state index in [1.54, 1.807) is 0 Å². The molecule has 1 aromatic rings. The van der Waals surface area contributed by atoms with Gasteiger partial charge in [-0.05, 0) is 30.2 Å². The monoisotopic (exact) mass is 273 g/mol. The Hall–Kier alpha value is -1.61. The van der Waals surface area contributed by atoms with Crippen molar-refractivity contribution in [3.05, 3.63) is 48.7 Å². The van der Waals surface area contributed by atoms with E-state index in [9.17, 15) is 0 Å². The maximum atomic E-state index is 4.78. The lowest BCUT2D eigenvalue weighted by atomic mass is 10.1. The van der Waals surface area contributed by atoms with Gasteiger partial charge >= 0.3 is 0 Å². The third-order valence-corrected chi connectivity index (χ3v) is 3.09. The van der Waals surface area contributed by atoms with Crippen LogP contribution in [0.3, 0.4) is 0 Å². The van der Waals surface area contributed by atoms with Gasteiger partial charge in [-0.15, -0.1) is 13.2 Å². The molecule has 0 bridgehead atoms. The third-order valence-electron chi connectivity index (χ3n) is 3.09. The second-order valence-corrected chi connectivity index (χ2v) is 5.18. The fourth-order valence-corrected chi connectivity index (χ4v) is 2.00. The van der Waals surface area contributed by atoms with E-state index in [2.05, 4.69) is 56.3 Å². The Morgan fingerprint density at radius 1 is 1.25 bits per heavy atom. The van der Waals surface area contributed by atoms with Crippen molar-refractivity contribution < 1.29 is 0 Å². The molecule has 110 valence electrons. The molecule has 0 saturated carbocycles. The zero-order valence-electron chi connectivity index (χ0n) is 13.0. The molecule has 0 aliphatic rings. The van der Waals surface area contributed by atoms with Gasteiger partial charge in [0.05, 0.1) is 0 Å². The van der Waals surface area contributed by atoms with Crippen molar-refractivity contribution in [1.82, 2.24) is 10.3 Å². The lowest BCUT2D eigenvalue weighted by Crippen LogP contribution is -2.25. The number of hydrogen-bond acceptors (Lipinski definition) is 3. The number of anilines is 1. The van der Waals surface area contributed by atoms with Crippen molar-refractivity contribution in [3.8, 4) is 0 Å². The smallest absolute Gasteiger partial charge is 0.129 e. The van der Waals surface area contributed by atoms with Crippen LogP contribution in [0.25, 0.3) is 0 Å². The molecule has 0 radical (unpaired) electrons. The number of nitrogens with zero attached hydrogens (tertiary/aromatic N) is 2. The largest absolute Gasteiger partial charge is 0.349 e. The van der Waals surface area contributed by atoms with E-state index >= 15 is 0 Å². The maximum Gasteiger partial charge on any atom is 0.129 e. The molecule has 1 aromatic heterocycles. The Bertz CT molecular complexity index is 428. The average Bonchev–Trinajstić information content (AvgIpc) is 2.44.